The van der Waals surface area contributed by atoms with Gasteiger partial charge in [-0.15, -0.1) is 0 Å². The van der Waals surface area contributed by atoms with E-state index in [0.29, 0.717) is 24.5 Å². The fraction of sp³-hybridized carbons (Fsp3) is 0.375. The van der Waals surface area contributed by atoms with Crippen molar-refractivity contribution < 1.29 is 14.3 Å². The summed E-state index contributed by atoms with van der Waals surface area (Å²) in [5.74, 6) is 0.533. The van der Waals surface area contributed by atoms with E-state index in [9.17, 15) is 4.79 Å². The number of piperidine rings is 1. The van der Waals surface area contributed by atoms with E-state index in [1.165, 1.54) is 7.11 Å². The van der Waals surface area contributed by atoms with Gasteiger partial charge >= 0.3 is 6.01 Å². The number of pyridine rings is 1. The summed E-state index contributed by atoms with van der Waals surface area (Å²) in [5.41, 5.74) is 0.667. The van der Waals surface area contributed by atoms with E-state index in [-0.39, 0.29) is 18.0 Å². The van der Waals surface area contributed by atoms with Gasteiger partial charge in [-0.3, -0.25) is 9.78 Å². The average molecular weight is 314 g/mol. The molecule has 2 aromatic rings. The molecule has 0 unspecified atom stereocenters. The molecule has 1 amide bonds. The summed E-state index contributed by atoms with van der Waals surface area (Å²) in [6, 6.07) is 5.46. The molecule has 23 heavy (non-hydrogen) atoms. The molecule has 0 atom stereocenters. The van der Waals surface area contributed by atoms with Crippen LogP contribution in [0.15, 0.2) is 36.8 Å². The summed E-state index contributed by atoms with van der Waals surface area (Å²) < 4.78 is 10.8. The van der Waals surface area contributed by atoms with Gasteiger partial charge in [0, 0.05) is 56.2 Å². The van der Waals surface area contributed by atoms with Crippen molar-refractivity contribution >= 4 is 5.91 Å². The van der Waals surface area contributed by atoms with Crippen LogP contribution in [0.5, 0.6) is 11.9 Å². The number of rotatable bonds is 4. The Morgan fingerprint density at radius 1 is 1.17 bits per heavy atom. The lowest BCUT2D eigenvalue weighted by molar-refractivity contribution is 0.0586. The number of likely N-dealkylation sites (tertiary alicyclic amines) is 1. The lowest BCUT2D eigenvalue weighted by Gasteiger charge is -2.32. The summed E-state index contributed by atoms with van der Waals surface area (Å²) in [6.07, 6.45) is 6.43. The van der Waals surface area contributed by atoms with Crippen molar-refractivity contribution in [1.82, 2.24) is 19.9 Å². The Balaban J connectivity index is 1.55. The van der Waals surface area contributed by atoms with Crippen molar-refractivity contribution in [2.24, 2.45) is 0 Å². The van der Waals surface area contributed by atoms with Crippen LogP contribution in [-0.2, 0) is 0 Å². The van der Waals surface area contributed by atoms with Gasteiger partial charge in [-0.25, -0.2) is 4.98 Å². The standard InChI is InChI=1S/C16H18N4O3/c1-22-16-18-9-4-14(19-16)23-13-5-10-20(11-6-13)15(21)12-2-7-17-8-3-12/h2-4,7-9,13H,5-6,10-11H2,1H3. The predicted octanol–water partition coefficient (Wildman–Crippen LogP) is 1.56. The third kappa shape index (κ3) is 3.74. The molecule has 0 aromatic carbocycles. The lowest BCUT2D eigenvalue weighted by Crippen LogP contribution is -2.41. The Morgan fingerprint density at radius 3 is 2.61 bits per heavy atom. The molecule has 1 fully saturated rings. The first-order valence-corrected chi connectivity index (χ1v) is 7.49. The quantitative estimate of drug-likeness (QED) is 0.852. The predicted molar refractivity (Wildman–Crippen MR) is 82.4 cm³/mol. The number of carbonyl (C=O) groups excluding carboxylic acids is 1. The van der Waals surface area contributed by atoms with Crippen LogP contribution in [0.25, 0.3) is 0 Å². The van der Waals surface area contributed by atoms with Gasteiger partial charge in [0.15, 0.2) is 0 Å². The maximum atomic E-state index is 12.4. The van der Waals surface area contributed by atoms with Crippen LogP contribution >= 0.6 is 0 Å². The molecular formula is C16H18N4O3. The minimum absolute atomic E-state index is 0.0366. The number of carbonyl (C=O) groups is 1. The molecule has 1 aliphatic rings. The molecule has 3 rings (SSSR count). The topological polar surface area (TPSA) is 77.4 Å². The number of amides is 1. The summed E-state index contributed by atoms with van der Waals surface area (Å²) in [5, 5.41) is 0. The summed E-state index contributed by atoms with van der Waals surface area (Å²) in [4.78, 5) is 26.2. The van der Waals surface area contributed by atoms with Gasteiger partial charge < -0.3 is 14.4 Å². The van der Waals surface area contributed by atoms with Crippen molar-refractivity contribution in [1.29, 1.82) is 0 Å². The third-order valence-electron chi connectivity index (χ3n) is 3.73. The molecule has 120 valence electrons. The molecule has 7 nitrogen and oxygen atoms in total. The van der Waals surface area contributed by atoms with Crippen molar-refractivity contribution in [3.8, 4) is 11.9 Å². The highest BCUT2D eigenvalue weighted by molar-refractivity contribution is 5.94. The number of methoxy groups -OCH3 is 1. The van der Waals surface area contributed by atoms with E-state index < -0.39 is 0 Å². The maximum absolute atomic E-state index is 12.4. The van der Waals surface area contributed by atoms with Crippen LogP contribution in [0.3, 0.4) is 0 Å². The number of aromatic nitrogens is 3. The molecule has 0 spiro atoms. The number of nitrogens with zero attached hydrogens (tertiary/aromatic N) is 4. The van der Waals surface area contributed by atoms with Gasteiger partial charge in [0.25, 0.3) is 5.91 Å². The normalized spacial score (nSPS) is 15.3. The van der Waals surface area contributed by atoms with Crippen LogP contribution < -0.4 is 9.47 Å². The number of hydrogen-bond acceptors (Lipinski definition) is 6. The van der Waals surface area contributed by atoms with E-state index in [1.807, 2.05) is 4.90 Å². The molecule has 0 radical (unpaired) electrons. The zero-order chi connectivity index (χ0) is 16.1. The molecule has 0 saturated carbocycles. The Morgan fingerprint density at radius 2 is 1.91 bits per heavy atom. The van der Waals surface area contributed by atoms with E-state index in [4.69, 9.17) is 9.47 Å². The Bertz CT molecular complexity index is 657. The minimum atomic E-state index is 0.0366. The average Bonchev–Trinajstić information content (AvgIpc) is 2.63. The molecule has 0 aliphatic carbocycles. The SMILES string of the molecule is COc1nccc(OC2CCN(C(=O)c3ccncc3)CC2)n1. The second-order valence-electron chi connectivity index (χ2n) is 5.23. The first-order valence-electron chi connectivity index (χ1n) is 7.49. The van der Waals surface area contributed by atoms with Gasteiger partial charge in [-0.2, -0.15) is 4.98 Å². The fourth-order valence-corrected chi connectivity index (χ4v) is 2.51. The zero-order valence-corrected chi connectivity index (χ0v) is 12.9. The second kappa shape index (κ2) is 7.04. The van der Waals surface area contributed by atoms with E-state index in [2.05, 4.69) is 15.0 Å². The molecule has 2 aromatic heterocycles. The molecule has 1 saturated heterocycles. The van der Waals surface area contributed by atoms with E-state index in [1.54, 1.807) is 36.8 Å². The lowest BCUT2D eigenvalue weighted by atomic mass is 10.1. The Kier molecular flexibility index (Phi) is 4.65. The van der Waals surface area contributed by atoms with Gasteiger partial charge in [0.2, 0.25) is 5.88 Å². The Labute approximate surface area is 134 Å². The van der Waals surface area contributed by atoms with Crippen LogP contribution in [0.4, 0.5) is 0 Å². The highest BCUT2D eigenvalue weighted by Gasteiger charge is 2.25. The fourth-order valence-electron chi connectivity index (χ4n) is 2.51. The molecule has 0 bridgehead atoms. The van der Waals surface area contributed by atoms with Gasteiger partial charge in [0.05, 0.1) is 7.11 Å². The van der Waals surface area contributed by atoms with Crippen molar-refractivity contribution in [3.63, 3.8) is 0 Å². The summed E-state index contributed by atoms with van der Waals surface area (Å²) in [6.45, 7) is 1.32. The van der Waals surface area contributed by atoms with Crippen LogP contribution in [0, 0.1) is 0 Å². The van der Waals surface area contributed by atoms with Gasteiger partial charge in [0.1, 0.15) is 6.10 Å². The first kappa shape index (κ1) is 15.2. The van der Waals surface area contributed by atoms with Crippen molar-refractivity contribution in [2.45, 2.75) is 18.9 Å². The van der Waals surface area contributed by atoms with Crippen molar-refractivity contribution in [2.75, 3.05) is 20.2 Å². The minimum Gasteiger partial charge on any atom is -0.474 e. The molecular weight excluding hydrogens is 296 g/mol. The number of ether oxygens (including phenoxy) is 2. The molecule has 0 N–H and O–H groups in total. The first-order chi connectivity index (χ1) is 11.3. The monoisotopic (exact) mass is 314 g/mol. The van der Waals surface area contributed by atoms with Crippen LogP contribution in [0.1, 0.15) is 23.2 Å². The van der Waals surface area contributed by atoms with Crippen molar-refractivity contribution in [3.05, 3.63) is 42.4 Å². The molecule has 1 aliphatic heterocycles. The summed E-state index contributed by atoms with van der Waals surface area (Å²) in [7, 11) is 1.52. The number of hydrogen-bond donors (Lipinski definition) is 0. The maximum Gasteiger partial charge on any atom is 0.319 e. The molecule has 3 heterocycles. The largest absolute Gasteiger partial charge is 0.474 e. The highest BCUT2D eigenvalue weighted by Crippen LogP contribution is 2.19. The summed E-state index contributed by atoms with van der Waals surface area (Å²) >= 11 is 0. The van der Waals surface area contributed by atoms with E-state index >= 15 is 0 Å². The second-order valence-corrected chi connectivity index (χ2v) is 5.23. The third-order valence-corrected chi connectivity index (χ3v) is 3.73. The zero-order valence-electron chi connectivity index (χ0n) is 12.9. The smallest absolute Gasteiger partial charge is 0.319 e. The van der Waals surface area contributed by atoms with Crippen LogP contribution in [0.2, 0.25) is 0 Å². The molecule has 7 heteroatoms. The van der Waals surface area contributed by atoms with Gasteiger partial charge in [-0.05, 0) is 12.1 Å². The highest BCUT2D eigenvalue weighted by atomic mass is 16.5. The Hall–Kier alpha value is -2.70. The van der Waals surface area contributed by atoms with Gasteiger partial charge in [-0.1, -0.05) is 0 Å². The van der Waals surface area contributed by atoms with E-state index in [0.717, 1.165) is 12.8 Å². The van der Waals surface area contributed by atoms with Crippen LogP contribution in [-0.4, -0.2) is 52.1 Å².